The summed E-state index contributed by atoms with van der Waals surface area (Å²) in [4.78, 5) is 26.1. The van der Waals surface area contributed by atoms with Gasteiger partial charge < -0.3 is 30.4 Å². The molecule has 13 heteroatoms. The van der Waals surface area contributed by atoms with Crippen molar-refractivity contribution in [3.05, 3.63) is 78.6 Å². The number of likely N-dealkylation sites (N-methyl/N-ethyl adjacent to an activating group) is 1. The van der Waals surface area contributed by atoms with E-state index in [1.807, 2.05) is 53.7 Å². The van der Waals surface area contributed by atoms with Crippen molar-refractivity contribution >= 4 is 52.4 Å². The molecule has 2 fully saturated rings. The summed E-state index contributed by atoms with van der Waals surface area (Å²) in [5, 5.41) is 28.1. The molecule has 2 aliphatic heterocycles. The maximum Gasteiger partial charge on any atom is 0.229 e. The maximum absolute atomic E-state index is 10.9. The molecule has 2 aromatic carbocycles. The summed E-state index contributed by atoms with van der Waals surface area (Å²) in [5.74, 6) is 1.25. The number of nitrogens with one attached hydrogen (secondary N) is 2. The zero-order valence-electron chi connectivity index (χ0n) is 28.0. The largest absolute Gasteiger partial charge is 0.390 e. The molecule has 1 aliphatic carbocycles. The standard InChI is InChI=1S/C28H31N7O.C6H12N2O.CH5NS/c1-2-12-35-23-16-21(11-10-20(23)17-30-35)31-28-29-18-24(34-13-6-3-7-14-34)27(33-28)32-26-22-9-5-4-8-19(22)15-25(26)36;1-7-2-4-8(6-9)5-3-7;1-3-2/h2,4-5,8-11,16-18,25-26,36H,1,3,6-7,12-15H2,(H2,29,31,32,33);6H,2-5H2,1H3;2H2,1H3. The van der Waals surface area contributed by atoms with Crippen LogP contribution in [-0.4, -0.2) is 99.7 Å². The zero-order chi connectivity index (χ0) is 33.9. The lowest BCUT2D eigenvalue weighted by Crippen LogP contribution is -2.43. The van der Waals surface area contributed by atoms with Gasteiger partial charge in [0, 0.05) is 56.8 Å². The molecule has 0 bridgehead atoms. The number of hydrogen-bond donors (Lipinski definition) is 4. The molecule has 1 amide bonds. The summed E-state index contributed by atoms with van der Waals surface area (Å²) in [6, 6.07) is 14.1. The second kappa shape index (κ2) is 17.3. The van der Waals surface area contributed by atoms with Crippen LogP contribution < -0.4 is 20.7 Å². The number of fused-ring (bicyclic) bond motifs is 2. The first-order valence-corrected chi connectivity index (χ1v) is 17.8. The van der Waals surface area contributed by atoms with Gasteiger partial charge in [0.2, 0.25) is 12.4 Å². The molecule has 2 unspecified atom stereocenters. The minimum Gasteiger partial charge on any atom is -0.390 e. The average Bonchev–Trinajstić information content (AvgIpc) is 3.65. The highest BCUT2D eigenvalue weighted by Crippen LogP contribution is 2.37. The molecule has 7 rings (SSSR count). The van der Waals surface area contributed by atoms with E-state index in [4.69, 9.17) is 10.1 Å². The highest BCUT2D eigenvalue weighted by atomic mass is 32.2. The predicted octanol–water partition coefficient (Wildman–Crippen LogP) is 4.43. The van der Waals surface area contributed by atoms with E-state index in [9.17, 15) is 9.90 Å². The van der Waals surface area contributed by atoms with E-state index < -0.39 is 6.10 Å². The Kier molecular flexibility index (Phi) is 12.7. The Morgan fingerprint density at radius 2 is 1.81 bits per heavy atom. The van der Waals surface area contributed by atoms with E-state index in [2.05, 4.69) is 62.3 Å². The minimum atomic E-state index is -0.504. The molecule has 4 aromatic rings. The van der Waals surface area contributed by atoms with Gasteiger partial charge in [-0.2, -0.15) is 10.1 Å². The van der Waals surface area contributed by atoms with Crippen molar-refractivity contribution in [2.24, 2.45) is 5.14 Å². The number of hydrogen-bond acceptors (Lipinski definition) is 11. The quantitative estimate of drug-likeness (QED) is 0.120. The second-order valence-electron chi connectivity index (χ2n) is 12.3. The third-order valence-corrected chi connectivity index (χ3v) is 8.85. The molecule has 256 valence electrons. The first-order valence-electron chi connectivity index (χ1n) is 16.5. The summed E-state index contributed by atoms with van der Waals surface area (Å²) in [7, 11) is 2.07. The van der Waals surface area contributed by atoms with Crippen LogP contribution >= 0.6 is 11.9 Å². The Bertz CT molecular complexity index is 1630. The van der Waals surface area contributed by atoms with Crippen LogP contribution in [-0.2, 0) is 17.8 Å². The normalized spacial score (nSPS) is 19.0. The molecular weight excluding hydrogens is 625 g/mol. The fourth-order valence-corrected chi connectivity index (χ4v) is 6.28. The summed E-state index contributed by atoms with van der Waals surface area (Å²) in [5.41, 5.74) is 5.20. The first-order chi connectivity index (χ1) is 23.4. The Labute approximate surface area is 287 Å². The van der Waals surface area contributed by atoms with Crippen LogP contribution in [0.5, 0.6) is 0 Å². The molecular formula is C35H48N10O2S. The number of nitrogens with two attached hydrogens (primary N) is 1. The van der Waals surface area contributed by atoms with E-state index in [-0.39, 0.29) is 6.04 Å². The number of aliphatic hydroxyl groups is 1. The van der Waals surface area contributed by atoms with Crippen LogP contribution in [0.1, 0.15) is 36.4 Å². The monoisotopic (exact) mass is 672 g/mol. The lowest BCUT2D eigenvalue weighted by Gasteiger charge is -2.31. The Morgan fingerprint density at radius 1 is 1.06 bits per heavy atom. The highest BCUT2D eigenvalue weighted by molar-refractivity contribution is 7.96. The van der Waals surface area contributed by atoms with Crippen LogP contribution in [0, 0.1) is 0 Å². The third-order valence-electron chi connectivity index (χ3n) is 8.85. The van der Waals surface area contributed by atoms with Crippen LogP contribution in [0.25, 0.3) is 10.9 Å². The van der Waals surface area contributed by atoms with Crippen molar-refractivity contribution in [1.82, 2.24) is 29.5 Å². The molecule has 4 heterocycles. The number of aliphatic hydroxyl groups excluding tert-OH is 1. The minimum absolute atomic E-state index is 0.211. The molecule has 2 saturated heterocycles. The fourth-order valence-electron chi connectivity index (χ4n) is 6.28. The number of piperidine rings is 1. The Hall–Kier alpha value is -4.17. The van der Waals surface area contributed by atoms with Gasteiger partial charge in [0.15, 0.2) is 5.82 Å². The fraction of sp³-hybridized carbons (Fsp3) is 0.429. The van der Waals surface area contributed by atoms with Crippen molar-refractivity contribution in [3.8, 4) is 0 Å². The molecule has 3 aliphatic rings. The number of benzene rings is 2. The van der Waals surface area contributed by atoms with E-state index in [0.717, 1.165) is 92.2 Å². The molecule has 48 heavy (non-hydrogen) atoms. The lowest BCUT2D eigenvalue weighted by molar-refractivity contribution is -0.119. The van der Waals surface area contributed by atoms with Crippen molar-refractivity contribution in [1.29, 1.82) is 0 Å². The number of piperazine rings is 1. The van der Waals surface area contributed by atoms with Gasteiger partial charge in [-0.05, 0) is 61.9 Å². The lowest BCUT2D eigenvalue weighted by atomic mass is 10.1. The number of aromatic nitrogens is 4. The summed E-state index contributed by atoms with van der Waals surface area (Å²) in [6.45, 7) is 10.2. The van der Waals surface area contributed by atoms with Crippen LogP contribution in [0.2, 0.25) is 0 Å². The number of nitrogens with zero attached hydrogens (tertiary/aromatic N) is 7. The number of rotatable bonds is 8. The van der Waals surface area contributed by atoms with Crippen LogP contribution in [0.3, 0.4) is 0 Å². The van der Waals surface area contributed by atoms with Gasteiger partial charge >= 0.3 is 0 Å². The van der Waals surface area contributed by atoms with Gasteiger partial charge in [-0.3, -0.25) is 14.6 Å². The van der Waals surface area contributed by atoms with Gasteiger partial charge in [-0.15, -0.1) is 6.58 Å². The van der Waals surface area contributed by atoms with Gasteiger partial charge in [0.25, 0.3) is 0 Å². The number of amides is 1. The summed E-state index contributed by atoms with van der Waals surface area (Å²) < 4.78 is 1.92. The zero-order valence-corrected chi connectivity index (χ0v) is 28.8. The second-order valence-corrected chi connectivity index (χ2v) is 12.7. The van der Waals surface area contributed by atoms with Gasteiger partial charge in [0.05, 0.1) is 42.3 Å². The Balaban J connectivity index is 0.000000320. The summed E-state index contributed by atoms with van der Waals surface area (Å²) in [6.07, 6.45) is 12.0. The topological polar surface area (TPSA) is 141 Å². The van der Waals surface area contributed by atoms with Crippen LogP contribution in [0.15, 0.2) is 67.5 Å². The number of allylic oxidation sites excluding steroid dienone is 1. The molecule has 0 spiro atoms. The van der Waals surface area contributed by atoms with Crippen molar-refractivity contribution in [3.63, 3.8) is 0 Å². The SMILES string of the molecule is C=CCn1ncc2ccc(Nc3ncc(N4CCCCC4)c(NC4c5ccccc5CC4O)n3)cc21.CN1CCN(C=O)CC1.CSN. The molecule has 2 atom stereocenters. The van der Waals surface area contributed by atoms with E-state index in [1.54, 1.807) is 4.90 Å². The smallest absolute Gasteiger partial charge is 0.229 e. The van der Waals surface area contributed by atoms with Crippen molar-refractivity contribution in [2.45, 2.75) is 44.4 Å². The molecule has 0 radical (unpaired) electrons. The van der Waals surface area contributed by atoms with E-state index in [1.165, 1.54) is 23.9 Å². The maximum atomic E-state index is 10.9. The first kappa shape index (κ1) is 35.1. The van der Waals surface area contributed by atoms with Crippen molar-refractivity contribution < 1.29 is 9.90 Å². The average molecular weight is 673 g/mol. The molecule has 12 nitrogen and oxygen atoms in total. The molecule has 0 saturated carbocycles. The highest BCUT2D eigenvalue weighted by Gasteiger charge is 2.32. The molecule has 5 N–H and O–H groups in total. The number of carbonyl (C=O) groups excluding carboxylic acids is 1. The number of anilines is 4. The van der Waals surface area contributed by atoms with Gasteiger partial charge in [0.1, 0.15) is 0 Å². The Morgan fingerprint density at radius 3 is 2.54 bits per heavy atom. The van der Waals surface area contributed by atoms with Gasteiger partial charge in [-0.1, -0.05) is 42.3 Å². The predicted molar refractivity (Wildman–Crippen MR) is 197 cm³/mol. The van der Waals surface area contributed by atoms with E-state index >= 15 is 0 Å². The number of carbonyl (C=O) groups is 1. The van der Waals surface area contributed by atoms with Crippen molar-refractivity contribution in [2.75, 3.05) is 68.1 Å². The summed E-state index contributed by atoms with van der Waals surface area (Å²) >= 11 is 1.25. The van der Waals surface area contributed by atoms with Crippen LogP contribution in [0.4, 0.5) is 23.1 Å². The molecule has 2 aromatic heterocycles. The van der Waals surface area contributed by atoms with Gasteiger partial charge in [-0.25, -0.2) is 4.98 Å². The van der Waals surface area contributed by atoms with E-state index in [0.29, 0.717) is 18.9 Å². The third kappa shape index (κ3) is 8.84.